The number of likely N-dealkylation sites (tertiary alicyclic amines) is 1. The van der Waals surface area contributed by atoms with E-state index in [1.165, 1.54) is 12.1 Å². The van der Waals surface area contributed by atoms with Crippen LogP contribution in [0.4, 0.5) is 9.18 Å². The van der Waals surface area contributed by atoms with Crippen molar-refractivity contribution >= 4 is 22.9 Å². The van der Waals surface area contributed by atoms with Gasteiger partial charge in [-0.2, -0.15) is 0 Å². The molecule has 1 aromatic heterocycles. The SMILES string of the molecule is CCOC(=O)[C@H](NC(=O)N1CCC(Oc2ccc(F)cc2)CC1)[C@@H](C)c1c[nH]c2ccccc12. The minimum atomic E-state index is -0.820. The van der Waals surface area contributed by atoms with Crippen LogP contribution >= 0.6 is 0 Å². The van der Waals surface area contributed by atoms with Crippen molar-refractivity contribution in [3.8, 4) is 5.75 Å². The van der Waals surface area contributed by atoms with Crippen molar-refractivity contribution in [3.63, 3.8) is 0 Å². The van der Waals surface area contributed by atoms with Crippen LogP contribution in [0.1, 0.15) is 38.2 Å². The molecular formula is C26H30FN3O4. The predicted molar refractivity (Wildman–Crippen MR) is 127 cm³/mol. The van der Waals surface area contributed by atoms with Gasteiger partial charge in [-0.3, -0.25) is 0 Å². The van der Waals surface area contributed by atoms with Crippen molar-refractivity contribution in [2.75, 3.05) is 19.7 Å². The highest BCUT2D eigenvalue weighted by molar-refractivity contribution is 5.88. The first-order valence-corrected chi connectivity index (χ1v) is 11.7. The van der Waals surface area contributed by atoms with Gasteiger partial charge in [0.25, 0.3) is 0 Å². The number of piperidine rings is 1. The summed E-state index contributed by atoms with van der Waals surface area (Å²) in [5, 5.41) is 3.92. The first kappa shape index (κ1) is 23.6. The number of H-pyrrole nitrogens is 1. The van der Waals surface area contributed by atoms with Gasteiger partial charge in [0.1, 0.15) is 23.7 Å². The second kappa shape index (κ2) is 10.6. The summed E-state index contributed by atoms with van der Waals surface area (Å²) < 4.78 is 24.3. The van der Waals surface area contributed by atoms with Gasteiger partial charge in [0.2, 0.25) is 0 Å². The Morgan fingerprint density at radius 1 is 1.15 bits per heavy atom. The second-order valence-electron chi connectivity index (χ2n) is 8.52. The number of benzene rings is 2. The number of fused-ring (bicyclic) bond motifs is 1. The molecule has 1 fully saturated rings. The average Bonchev–Trinajstić information content (AvgIpc) is 3.28. The normalized spacial score (nSPS) is 16.1. The molecule has 180 valence electrons. The van der Waals surface area contributed by atoms with E-state index >= 15 is 0 Å². The number of aromatic amines is 1. The molecule has 4 rings (SSSR count). The van der Waals surface area contributed by atoms with Crippen LogP contribution < -0.4 is 10.1 Å². The van der Waals surface area contributed by atoms with Crippen molar-refractivity contribution in [1.29, 1.82) is 0 Å². The Morgan fingerprint density at radius 3 is 2.56 bits per heavy atom. The summed E-state index contributed by atoms with van der Waals surface area (Å²) in [6.07, 6.45) is 3.12. The van der Waals surface area contributed by atoms with Crippen LogP contribution in [0.5, 0.6) is 5.75 Å². The molecule has 2 atom stereocenters. The van der Waals surface area contributed by atoms with Crippen LogP contribution in [0.3, 0.4) is 0 Å². The number of hydrogen-bond donors (Lipinski definition) is 2. The van der Waals surface area contributed by atoms with E-state index in [1.54, 1.807) is 24.0 Å². The van der Waals surface area contributed by atoms with E-state index in [-0.39, 0.29) is 30.5 Å². The van der Waals surface area contributed by atoms with E-state index in [9.17, 15) is 14.0 Å². The molecular weight excluding hydrogens is 437 g/mol. The molecule has 2 N–H and O–H groups in total. The lowest BCUT2D eigenvalue weighted by Gasteiger charge is -2.34. The maximum atomic E-state index is 13.1. The van der Waals surface area contributed by atoms with Crippen LogP contribution in [-0.4, -0.2) is 53.7 Å². The van der Waals surface area contributed by atoms with Gasteiger partial charge in [-0.25, -0.2) is 14.0 Å². The van der Waals surface area contributed by atoms with E-state index in [4.69, 9.17) is 9.47 Å². The van der Waals surface area contributed by atoms with Crippen molar-refractivity contribution < 1.29 is 23.5 Å². The average molecular weight is 468 g/mol. The third-order valence-electron chi connectivity index (χ3n) is 6.28. The second-order valence-corrected chi connectivity index (χ2v) is 8.52. The topological polar surface area (TPSA) is 83.7 Å². The largest absolute Gasteiger partial charge is 0.490 e. The Balaban J connectivity index is 1.40. The predicted octanol–water partition coefficient (Wildman–Crippen LogP) is 4.60. The molecule has 0 bridgehead atoms. The lowest BCUT2D eigenvalue weighted by atomic mass is 9.93. The van der Waals surface area contributed by atoms with Crippen molar-refractivity contribution in [1.82, 2.24) is 15.2 Å². The molecule has 7 nitrogen and oxygen atoms in total. The Labute approximate surface area is 198 Å². The maximum absolute atomic E-state index is 13.1. The molecule has 1 aliphatic rings. The molecule has 1 aliphatic heterocycles. The molecule has 0 unspecified atom stereocenters. The zero-order chi connectivity index (χ0) is 24.1. The smallest absolute Gasteiger partial charge is 0.329 e. The number of halogens is 1. The highest BCUT2D eigenvalue weighted by atomic mass is 19.1. The fourth-order valence-corrected chi connectivity index (χ4v) is 4.38. The van der Waals surface area contributed by atoms with Gasteiger partial charge in [0, 0.05) is 48.9 Å². The molecule has 0 spiro atoms. The molecule has 1 saturated heterocycles. The fraction of sp³-hybridized carbons (Fsp3) is 0.385. The number of carbonyl (C=O) groups excluding carboxylic acids is 2. The lowest BCUT2D eigenvalue weighted by Crippen LogP contribution is -2.53. The van der Waals surface area contributed by atoms with Gasteiger partial charge >= 0.3 is 12.0 Å². The minimum Gasteiger partial charge on any atom is -0.490 e. The molecule has 8 heteroatoms. The van der Waals surface area contributed by atoms with Crippen LogP contribution in [-0.2, 0) is 9.53 Å². The Morgan fingerprint density at radius 2 is 1.85 bits per heavy atom. The number of urea groups is 1. The van der Waals surface area contributed by atoms with Crippen LogP contribution in [0.25, 0.3) is 10.9 Å². The van der Waals surface area contributed by atoms with E-state index in [0.717, 1.165) is 16.5 Å². The third kappa shape index (κ3) is 5.32. The number of nitrogens with one attached hydrogen (secondary N) is 2. The van der Waals surface area contributed by atoms with Crippen LogP contribution in [0.15, 0.2) is 54.7 Å². The van der Waals surface area contributed by atoms with Gasteiger partial charge in [0.15, 0.2) is 0 Å². The molecule has 34 heavy (non-hydrogen) atoms. The van der Waals surface area contributed by atoms with Crippen LogP contribution in [0.2, 0.25) is 0 Å². The summed E-state index contributed by atoms with van der Waals surface area (Å²) in [4.78, 5) is 30.8. The number of amides is 2. The minimum absolute atomic E-state index is 0.0551. The van der Waals surface area contributed by atoms with Gasteiger partial charge < -0.3 is 24.7 Å². The number of esters is 1. The maximum Gasteiger partial charge on any atom is 0.329 e. The number of rotatable bonds is 7. The Kier molecular flexibility index (Phi) is 7.35. The molecule has 3 aromatic rings. The number of ether oxygens (including phenoxy) is 2. The summed E-state index contributed by atoms with van der Waals surface area (Å²) in [5.74, 6) is -0.447. The molecule has 2 aromatic carbocycles. The van der Waals surface area contributed by atoms with Gasteiger partial charge in [-0.1, -0.05) is 25.1 Å². The zero-order valence-corrected chi connectivity index (χ0v) is 19.4. The molecule has 2 amide bonds. The summed E-state index contributed by atoms with van der Waals surface area (Å²) in [6, 6.07) is 12.7. The molecule has 0 saturated carbocycles. The quantitative estimate of drug-likeness (QED) is 0.498. The van der Waals surface area contributed by atoms with E-state index in [1.807, 2.05) is 37.4 Å². The highest BCUT2D eigenvalue weighted by Crippen LogP contribution is 2.28. The number of nitrogens with zero attached hydrogens (tertiary/aromatic N) is 1. The zero-order valence-electron chi connectivity index (χ0n) is 19.4. The standard InChI is InChI=1S/C26H30FN3O4/c1-3-33-25(31)24(17(2)22-16-28-23-7-5-4-6-21(22)23)29-26(32)30-14-12-20(13-15-30)34-19-10-8-18(27)9-11-19/h4-11,16-17,20,24,28H,3,12-15H2,1-2H3,(H,29,32)/t17-,24+/m0/s1. The summed E-state index contributed by atoms with van der Waals surface area (Å²) in [7, 11) is 0. The van der Waals surface area contributed by atoms with E-state index in [2.05, 4.69) is 10.3 Å². The van der Waals surface area contributed by atoms with E-state index < -0.39 is 12.0 Å². The Hall–Kier alpha value is -3.55. The van der Waals surface area contributed by atoms with Crippen molar-refractivity contribution in [3.05, 3.63) is 66.1 Å². The molecule has 0 aliphatic carbocycles. The third-order valence-corrected chi connectivity index (χ3v) is 6.28. The summed E-state index contributed by atoms with van der Waals surface area (Å²) >= 11 is 0. The molecule has 2 heterocycles. The molecule has 0 radical (unpaired) electrons. The lowest BCUT2D eigenvalue weighted by molar-refractivity contribution is -0.146. The fourth-order valence-electron chi connectivity index (χ4n) is 4.38. The number of para-hydroxylation sites is 1. The first-order valence-electron chi connectivity index (χ1n) is 11.7. The van der Waals surface area contributed by atoms with Gasteiger partial charge in [-0.05, 0) is 42.8 Å². The summed E-state index contributed by atoms with van der Waals surface area (Å²) in [5.41, 5.74) is 1.92. The Bertz CT molecular complexity index is 1120. The van der Waals surface area contributed by atoms with E-state index in [0.29, 0.717) is 31.7 Å². The van der Waals surface area contributed by atoms with Crippen LogP contribution in [0, 0.1) is 5.82 Å². The summed E-state index contributed by atoms with van der Waals surface area (Å²) in [6.45, 7) is 4.89. The van der Waals surface area contributed by atoms with Gasteiger partial charge in [0.05, 0.1) is 6.61 Å². The number of carbonyl (C=O) groups is 2. The highest BCUT2D eigenvalue weighted by Gasteiger charge is 2.33. The van der Waals surface area contributed by atoms with Gasteiger partial charge in [-0.15, -0.1) is 0 Å². The number of hydrogen-bond acceptors (Lipinski definition) is 4. The first-order chi connectivity index (χ1) is 16.5. The monoisotopic (exact) mass is 467 g/mol. The van der Waals surface area contributed by atoms with Crippen molar-refractivity contribution in [2.45, 2.75) is 44.8 Å². The number of aromatic nitrogens is 1. The van der Waals surface area contributed by atoms with Crippen molar-refractivity contribution in [2.24, 2.45) is 0 Å².